The van der Waals surface area contributed by atoms with Gasteiger partial charge in [-0.05, 0) is 40.0 Å². The third-order valence-electron chi connectivity index (χ3n) is 3.21. The summed E-state index contributed by atoms with van der Waals surface area (Å²) < 4.78 is 5.33. The van der Waals surface area contributed by atoms with Gasteiger partial charge in [-0.2, -0.15) is 0 Å². The molecule has 1 unspecified atom stereocenters. The lowest BCUT2D eigenvalue weighted by atomic mass is 10.2. The van der Waals surface area contributed by atoms with Gasteiger partial charge in [0.1, 0.15) is 11.6 Å². The molecular weight excluding hydrogens is 286 g/mol. The van der Waals surface area contributed by atoms with Gasteiger partial charge in [0, 0.05) is 26.6 Å². The second-order valence-electron chi connectivity index (χ2n) is 6.46. The van der Waals surface area contributed by atoms with Gasteiger partial charge in [0.15, 0.2) is 0 Å². The second kappa shape index (κ2) is 8.00. The average Bonchev–Trinajstić information content (AvgIpc) is 2.84. The largest absolute Gasteiger partial charge is 0.444 e. The van der Waals surface area contributed by atoms with E-state index in [1.807, 2.05) is 0 Å². The van der Waals surface area contributed by atoms with Crippen LogP contribution in [0.25, 0.3) is 0 Å². The molecule has 0 spiro atoms. The van der Waals surface area contributed by atoms with Crippen molar-refractivity contribution in [3.63, 3.8) is 0 Å². The minimum atomic E-state index is -0.570. The van der Waals surface area contributed by atoms with Crippen molar-refractivity contribution in [2.45, 2.75) is 58.6 Å². The number of hydrogen-bond acceptors (Lipinski definition) is 4. The Bertz CT molecular complexity index is 418. The molecule has 1 rings (SSSR count). The van der Waals surface area contributed by atoms with Gasteiger partial charge in [0.05, 0.1) is 0 Å². The van der Waals surface area contributed by atoms with E-state index < -0.39 is 17.7 Å². The summed E-state index contributed by atoms with van der Waals surface area (Å²) in [5.74, 6) is -0.246. The lowest BCUT2D eigenvalue weighted by Gasteiger charge is -2.28. The molecule has 0 aromatic carbocycles. The smallest absolute Gasteiger partial charge is 0.410 e. The van der Waals surface area contributed by atoms with Crippen LogP contribution >= 0.6 is 0 Å². The number of nitrogens with one attached hydrogen (secondary N) is 2. The Kier molecular flexibility index (Phi) is 6.64. The molecule has 1 aliphatic heterocycles. The van der Waals surface area contributed by atoms with Gasteiger partial charge in [-0.25, -0.2) is 4.79 Å². The Morgan fingerprint density at radius 1 is 1.18 bits per heavy atom. The van der Waals surface area contributed by atoms with Crippen molar-refractivity contribution in [3.8, 4) is 0 Å². The van der Waals surface area contributed by atoms with E-state index in [1.54, 1.807) is 20.8 Å². The first-order valence-corrected chi connectivity index (χ1v) is 7.72. The quantitative estimate of drug-likeness (QED) is 0.742. The zero-order chi connectivity index (χ0) is 16.8. The molecule has 0 radical (unpaired) electrons. The molecule has 1 fully saturated rings. The standard InChI is InChI=1S/C15H27N3O4/c1-11(19)16-8-6-9-17-13(20)12-7-5-10-18(12)14(21)22-15(2,3)4/h12H,5-10H2,1-4H3,(H,16,19)(H,17,20). The minimum Gasteiger partial charge on any atom is -0.444 e. The monoisotopic (exact) mass is 313 g/mol. The van der Waals surface area contributed by atoms with Crippen LogP contribution in [-0.4, -0.2) is 54.1 Å². The van der Waals surface area contributed by atoms with E-state index in [0.717, 1.165) is 6.42 Å². The molecule has 0 saturated carbocycles. The van der Waals surface area contributed by atoms with E-state index >= 15 is 0 Å². The van der Waals surface area contributed by atoms with Gasteiger partial charge in [-0.15, -0.1) is 0 Å². The van der Waals surface area contributed by atoms with Crippen molar-refractivity contribution in [2.75, 3.05) is 19.6 Å². The molecule has 0 aromatic heterocycles. The van der Waals surface area contributed by atoms with Crippen molar-refractivity contribution in [1.29, 1.82) is 0 Å². The first-order chi connectivity index (χ1) is 10.2. The van der Waals surface area contributed by atoms with E-state index in [1.165, 1.54) is 11.8 Å². The fourth-order valence-electron chi connectivity index (χ4n) is 2.26. The molecule has 7 heteroatoms. The van der Waals surface area contributed by atoms with Crippen LogP contribution in [0.1, 0.15) is 47.0 Å². The number of ether oxygens (including phenoxy) is 1. The number of carbonyl (C=O) groups excluding carboxylic acids is 3. The molecular formula is C15H27N3O4. The SMILES string of the molecule is CC(=O)NCCCNC(=O)C1CCCN1C(=O)OC(C)(C)C. The second-order valence-corrected chi connectivity index (χ2v) is 6.46. The van der Waals surface area contributed by atoms with Gasteiger partial charge >= 0.3 is 6.09 Å². The third kappa shape index (κ3) is 6.32. The molecule has 22 heavy (non-hydrogen) atoms. The summed E-state index contributed by atoms with van der Waals surface area (Å²) in [5, 5.41) is 5.47. The van der Waals surface area contributed by atoms with Crippen LogP contribution in [0.2, 0.25) is 0 Å². The predicted molar refractivity (Wildman–Crippen MR) is 82.3 cm³/mol. The molecule has 0 aromatic rings. The highest BCUT2D eigenvalue weighted by Crippen LogP contribution is 2.20. The van der Waals surface area contributed by atoms with Gasteiger partial charge in [0.2, 0.25) is 11.8 Å². The molecule has 126 valence electrons. The number of rotatable bonds is 5. The summed E-state index contributed by atoms with van der Waals surface area (Å²) in [4.78, 5) is 36.5. The Hall–Kier alpha value is -1.79. The normalized spacial score (nSPS) is 18.0. The fraction of sp³-hybridized carbons (Fsp3) is 0.800. The highest BCUT2D eigenvalue weighted by molar-refractivity contribution is 5.86. The summed E-state index contributed by atoms with van der Waals surface area (Å²) in [6.07, 6.45) is 1.66. The highest BCUT2D eigenvalue weighted by atomic mass is 16.6. The molecule has 7 nitrogen and oxygen atoms in total. The van der Waals surface area contributed by atoms with Crippen molar-refractivity contribution < 1.29 is 19.1 Å². The molecule has 0 aliphatic carbocycles. The zero-order valence-corrected chi connectivity index (χ0v) is 13.9. The topological polar surface area (TPSA) is 87.7 Å². The highest BCUT2D eigenvalue weighted by Gasteiger charge is 2.36. The maximum absolute atomic E-state index is 12.2. The zero-order valence-electron chi connectivity index (χ0n) is 13.9. The van der Waals surface area contributed by atoms with E-state index in [9.17, 15) is 14.4 Å². The maximum Gasteiger partial charge on any atom is 0.410 e. The number of amides is 3. The Morgan fingerprint density at radius 3 is 2.41 bits per heavy atom. The summed E-state index contributed by atoms with van der Waals surface area (Å²) in [6, 6.07) is -0.462. The van der Waals surface area contributed by atoms with Gasteiger partial charge < -0.3 is 15.4 Å². The van der Waals surface area contributed by atoms with Gasteiger partial charge in [0.25, 0.3) is 0 Å². The van der Waals surface area contributed by atoms with E-state index in [-0.39, 0.29) is 11.8 Å². The number of carbonyl (C=O) groups is 3. The first-order valence-electron chi connectivity index (χ1n) is 7.72. The van der Waals surface area contributed by atoms with Crippen LogP contribution in [0.5, 0.6) is 0 Å². The summed E-state index contributed by atoms with van der Waals surface area (Å²) in [7, 11) is 0. The van der Waals surface area contributed by atoms with Gasteiger partial charge in [-0.1, -0.05) is 0 Å². The van der Waals surface area contributed by atoms with Crippen molar-refractivity contribution >= 4 is 17.9 Å². The maximum atomic E-state index is 12.2. The molecule has 1 atom stereocenters. The molecule has 2 N–H and O–H groups in total. The van der Waals surface area contributed by atoms with Crippen molar-refractivity contribution in [1.82, 2.24) is 15.5 Å². The van der Waals surface area contributed by atoms with Crippen LogP contribution < -0.4 is 10.6 Å². The summed E-state index contributed by atoms with van der Waals surface area (Å²) in [5.41, 5.74) is -0.570. The molecule has 0 bridgehead atoms. The van der Waals surface area contributed by atoms with Gasteiger partial charge in [-0.3, -0.25) is 14.5 Å². The van der Waals surface area contributed by atoms with Crippen molar-refractivity contribution in [3.05, 3.63) is 0 Å². The van der Waals surface area contributed by atoms with E-state index in [4.69, 9.17) is 4.74 Å². The van der Waals surface area contributed by atoms with E-state index in [2.05, 4.69) is 10.6 Å². The van der Waals surface area contributed by atoms with E-state index in [0.29, 0.717) is 32.5 Å². The lowest BCUT2D eigenvalue weighted by molar-refractivity contribution is -0.125. The van der Waals surface area contributed by atoms with Crippen LogP contribution in [0.4, 0.5) is 4.79 Å². The Balaban J connectivity index is 2.40. The Labute approximate surface area is 131 Å². The number of nitrogens with zero attached hydrogens (tertiary/aromatic N) is 1. The lowest BCUT2D eigenvalue weighted by Crippen LogP contribution is -2.47. The average molecular weight is 313 g/mol. The summed E-state index contributed by atoms with van der Waals surface area (Å²) in [6.45, 7) is 8.40. The minimum absolute atomic E-state index is 0.0850. The molecule has 1 saturated heterocycles. The van der Waals surface area contributed by atoms with Crippen LogP contribution in [0, 0.1) is 0 Å². The number of likely N-dealkylation sites (tertiary alicyclic amines) is 1. The third-order valence-corrected chi connectivity index (χ3v) is 3.21. The molecule has 3 amide bonds. The number of hydrogen-bond donors (Lipinski definition) is 2. The molecule has 1 aliphatic rings. The van der Waals surface area contributed by atoms with Crippen LogP contribution in [-0.2, 0) is 14.3 Å². The predicted octanol–water partition coefficient (Wildman–Crippen LogP) is 1.03. The summed E-state index contributed by atoms with van der Waals surface area (Å²) >= 11 is 0. The van der Waals surface area contributed by atoms with Crippen LogP contribution in [0.15, 0.2) is 0 Å². The molecule has 1 heterocycles. The van der Waals surface area contributed by atoms with Crippen molar-refractivity contribution in [2.24, 2.45) is 0 Å². The first kappa shape index (κ1) is 18.3. The van der Waals surface area contributed by atoms with Crippen LogP contribution in [0.3, 0.4) is 0 Å². The Morgan fingerprint density at radius 2 is 1.82 bits per heavy atom. The fourth-order valence-corrected chi connectivity index (χ4v) is 2.26.